The third-order valence-electron chi connectivity index (χ3n) is 6.11. The lowest BCUT2D eigenvalue weighted by atomic mass is 9.89. The van der Waals surface area contributed by atoms with Gasteiger partial charge in [-0.15, -0.1) is 0 Å². The van der Waals surface area contributed by atoms with E-state index in [1.807, 2.05) is 0 Å². The van der Waals surface area contributed by atoms with Gasteiger partial charge in [-0.05, 0) is 79.8 Å². The molecule has 0 aliphatic carbocycles. The molecule has 0 amide bonds. The number of fused-ring (bicyclic) bond motifs is 1. The average Bonchev–Trinajstić information content (AvgIpc) is 2.82. The Balaban J connectivity index is 1.51. The third-order valence-corrected chi connectivity index (χ3v) is 6.11. The van der Waals surface area contributed by atoms with E-state index in [-0.39, 0.29) is 12.0 Å². The summed E-state index contributed by atoms with van der Waals surface area (Å²) in [5.41, 5.74) is 7.91. The number of methoxy groups -OCH3 is 1. The molecule has 1 aromatic heterocycles. The lowest BCUT2D eigenvalue weighted by Gasteiger charge is -2.29. The van der Waals surface area contributed by atoms with Crippen molar-refractivity contribution < 1.29 is 9.53 Å². The zero-order chi connectivity index (χ0) is 21.8. The number of carbonyl (C=O) groups is 1. The highest BCUT2D eigenvalue weighted by Crippen LogP contribution is 2.32. The van der Waals surface area contributed by atoms with E-state index in [2.05, 4.69) is 71.6 Å². The molecular weight excluding hydrogens is 386 g/mol. The first-order chi connectivity index (χ1) is 15.1. The largest absolute Gasteiger partial charge is 0.465 e. The van der Waals surface area contributed by atoms with Crippen molar-refractivity contribution in [3.05, 3.63) is 88.7 Å². The van der Waals surface area contributed by atoms with Gasteiger partial charge in [0.25, 0.3) is 0 Å². The highest BCUT2D eigenvalue weighted by atomic mass is 16.5. The quantitative estimate of drug-likeness (QED) is 0.588. The molecule has 0 unspecified atom stereocenters. The van der Waals surface area contributed by atoms with Gasteiger partial charge in [-0.1, -0.05) is 23.8 Å². The summed E-state index contributed by atoms with van der Waals surface area (Å²) in [4.78, 5) is 18.5. The van der Waals surface area contributed by atoms with Crippen LogP contribution < -0.4 is 10.2 Å². The zero-order valence-electron chi connectivity index (χ0n) is 18.4. The number of hydrogen-bond acceptors (Lipinski definition) is 5. The van der Waals surface area contributed by atoms with Crippen molar-refractivity contribution in [2.24, 2.45) is 0 Å². The number of esters is 1. The van der Waals surface area contributed by atoms with Crippen molar-refractivity contribution in [3.8, 4) is 0 Å². The Morgan fingerprint density at radius 1 is 1.16 bits per heavy atom. The number of aromatic nitrogens is 1. The summed E-state index contributed by atoms with van der Waals surface area (Å²) in [7, 11) is 3.53. The Morgan fingerprint density at radius 2 is 1.94 bits per heavy atom. The molecule has 0 fully saturated rings. The predicted octanol–water partition coefficient (Wildman–Crippen LogP) is 4.76. The van der Waals surface area contributed by atoms with E-state index in [0.29, 0.717) is 5.56 Å². The number of aryl methyl sites for hydroxylation is 2. The van der Waals surface area contributed by atoms with Gasteiger partial charge in [0.05, 0.1) is 12.7 Å². The molecule has 160 valence electrons. The van der Waals surface area contributed by atoms with Crippen molar-refractivity contribution in [2.45, 2.75) is 32.2 Å². The molecule has 5 heteroatoms. The molecule has 1 atom stereocenters. The Bertz CT molecular complexity index is 1060. The van der Waals surface area contributed by atoms with Gasteiger partial charge in [-0.2, -0.15) is 0 Å². The van der Waals surface area contributed by atoms with Crippen LogP contribution in [0.3, 0.4) is 0 Å². The van der Waals surface area contributed by atoms with Crippen molar-refractivity contribution >= 4 is 17.3 Å². The maximum Gasteiger partial charge on any atom is 0.338 e. The smallest absolute Gasteiger partial charge is 0.338 e. The molecule has 1 aliphatic rings. The van der Waals surface area contributed by atoms with E-state index in [4.69, 9.17) is 4.74 Å². The maximum absolute atomic E-state index is 12.1. The van der Waals surface area contributed by atoms with Crippen LogP contribution in [0.1, 0.15) is 45.1 Å². The molecule has 4 rings (SSSR count). The van der Waals surface area contributed by atoms with Crippen LogP contribution in [0.15, 0.2) is 60.9 Å². The van der Waals surface area contributed by atoms with Gasteiger partial charge in [0.1, 0.15) is 0 Å². The van der Waals surface area contributed by atoms with Crippen molar-refractivity contribution in [2.75, 3.05) is 25.6 Å². The van der Waals surface area contributed by atoms with Crippen LogP contribution in [-0.2, 0) is 17.6 Å². The van der Waals surface area contributed by atoms with Crippen molar-refractivity contribution in [1.82, 2.24) is 10.3 Å². The van der Waals surface area contributed by atoms with E-state index in [1.54, 1.807) is 18.5 Å². The van der Waals surface area contributed by atoms with Gasteiger partial charge < -0.3 is 15.0 Å². The Hall–Kier alpha value is -3.18. The average molecular weight is 416 g/mol. The van der Waals surface area contributed by atoms with Gasteiger partial charge >= 0.3 is 5.97 Å². The molecule has 3 aromatic rings. The minimum absolute atomic E-state index is 0.258. The van der Waals surface area contributed by atoms with Crippen molar-refractivity contribution in [1.29, 1.82) is 0 Å². The number of benzene rings is 2. The maximum atomic E-state index is 12.1. The van der Waals surface area contributed by atoms with Gasteiger partial charge in [0.2, 0.25) is 0 Å². The molecular formula is C26H29N3O2. The van der Waals surface area contributed by atoms with Crippen LogP contribution in [0.5, 0.6) is 0 Å². The highest BCUT2D eigenvalue weighted by molar-refractivity contribution is 5.90. The lowest BCUT2D eigenvalue weighted by Crippen LogP contribution is -2.30. The van der Waals surface area contributed by atoms with Crippen LogP contribution >= 0.6 is 0 Å². The fraction of sp³-hybridized carbons (Fsp3) is 0.308. The molecule has 2 heterocycles. The van der Waals surface area contributed by atoms with Gasteiger partial charge in [0.15, 0.2) is 0 Å². The number of nitrogens with one attached hydrogen (secondary N) is 1. The fourth-order valence-electron chi connectivity index (χ4n) is 4.26. The topological polar surface area (TPSA) is 54.5 Å². The lowest BCUT2D eigenvalue weighted by molar-refractivity contribution is 0.0599. The predicted molar refractivity (Wildman–Crippen MR) is 124 cm³/mol. The van der Waals surface area contributed by atoms with E-state index < -0.39 is 0 Å². The Morgan fingerprint density at radius 3 is 2.71 bits per heavy atom. The van der Waals surface area contributed by atoms with Crippen molar-refractivity contribution in [3.63, 3.8) is 0 Å². The van der Waals surface area contributed by atoms with Crippen LogP contribution in [-0.4, -0.2) is 31.7 Å². The van der Waals surface area contributed by atoms with Gasteiger partial charge in [0, 0.05) is 36.9 Å². The van der Waals surface area contributed by atoms with E-state index in [9.17, 15) is 4.79 Å². The number of hydrogen-bond donors (Lipinski definition) is 1. The first-order valence-corrected chi connectivity index (χ1v) is 10.7. The second-order valence-corrected chi connectivity index (χ2v) is 8.10. The van der Waals surface area contributed by atoms with Gasteiger partial charge in [-0.25, -0.2) is 4.79 Å². The highest BCUT2D eigenvalue weighted by Gasteiger charge is 2.21. The SMILES string of the molecule is COC(=O)c1ccncc1CC[C@@H]1NCCc2cc(N(C)c3ccc(C)cc3)ccc21. The van der Waals surface area contributed by atoms with E-state index >= 15 is 0 Å². The summed E-state index contributed by atoms with van der Waals surface area (Å²) in [5, 5.41) is 3.64. The summed E-state index contributed by atoms with van der Waals surface area (Å²) < 4.78 is 4.92. The summed E-state index contributed by atoms with van der Waals surface area (Å²) in [6, 6.07) is 17.4. The standard InChI is InChI=1S/C26H29N3O2/c1-18-4-7-21(8-5-18)29(2)22-9-10-23-19(16-22)12-15-28-25(23)11-6-20-17-27-14-13-24(20)26(30)31-3/h4-5,7-10,13-14,16-17,25,28H,6,11-12,15H2,1-3H3/t25-/m0/s1. The normalized spacial score (nSPS) is 15.3. The summed E-state index contributed by atoms with van der Waals surface area (Å²) in [6.07, 6.45) is 6.09. The Kier molecular flexibility index (Phi) is 6.33. The van der Waals surface area contributed by atoms with Crippen LogP contribution in [0.25, 0.3) is 0 Å². The second-order valence-electron chi connectivity index (χ2n) is 8.10. The zero-order valence-corrected chi connectivity index (χ0v) is 18.4. The molecule has 0 saturated carbocycles. The number of nitrogens with zero attached hydrogens (tertiary/aromatic N) is 2. The number of anilines is 2. The second kappa shape index (κ2) is 9.31. The summed E-state index contributed by atoms with van der Waals surface area (Å²) >= 11 is 0. The summed E-state index contributed by atoms with van der Waals surface area (Å²) in [6.45, 7) is 3.06. The molecule has 0 saturated heterocycles. The first-order valence-electron chi connectivity index (χ1n) is 10.7. The molecule has 0 spiro atoms. The minimum atomic E-state index is -0.307. The Labute approximate surface area is 184 Å². The molecule has 2 aromatic carbocycles. The molecule has 31 heavy (non-hydrogen) atoms. The first kappa shape index (κ1) is 21.1. The summed E-state index contributed by atoms with van der Waals surface area (Å²) in [5.74, 6) is -0.307. The van der Waals surface area contributed by atoms with Gasteiger partial charge in [-0.3, -0.25) is 4.98 Å². The van der Waals surface area contributed by atoms with Crippen LogP contribution in [0.4, 0.5) is 11.4 Å². The number of pyridine rings is 1. The number of rotatable bonds is 6. The number of carbonyl (C=O) groups excluding carboxylic acids is 1. The number of ether oxygens (including phenoxy) is 1. The van der Waals surface area contributed by atoms with E-state index in [1.165, 1.54) is 35.2 Å². The molecule has 0 radical (unpaired) electrons. The third kappa shape index (κ3) is 4.62. The minimum Gasteiger partial charge on any atom is -0.465 e. The molecule has 0 bridgehead atoms. The molecule has 1 N–H and O–H groups in total. The van der Waals surface area contributed by atoms with Crippen LogP contribution in [0.2, 0.25) is 0 Å². The molecule has 1 aliphatic heterocycles. The van der Waals surface area contributed by atoms with E-state index in [0.717, 1.165) is 31.4 Å². The van der Waals surface area contributed by atoms with Crippen LogP contribution in [0, 0.1) is 6.92 Å². The fourth-order valence-corrected chi connectivity index (χ4v) is 4.26. The molecule has 5 nitrogen and oxygen atoms in total. The monoisotopic (exact) mass is 415 g/mol.